The Morgan fingerprint density at radius 2 is 1.69 bits per heavy atom. The van der Waals surface area contributed by atoms with Crippen LogP contribution in [0.1, 0.15) is 25.0 Å². The average molecular weight is 213 g/mol. The van der Waals surface area contributed by atoms with E-state index in [9.17, 15) is 0 Å². The van der Waals surface area contributed by atoms with Crippen LogP contribution in [0.25, 0.3) is 10.8 Å². The topological polar surface area (TPSA) is 26.0 Å². The predicted molar refractivity (Wildman–Crippen MR) is 70.8 cm³/mol. The van der Waals surface area contributed by atoms with Crippen LogP contribution in [0.4, 0.5) is 0 Å². The number of aryl methyl sites for hydroxylation is 1. The van der Waals surface area contributed by atoms with E-state index >= 15 is 0 Å². The fourth-order valence-electron chi connectivity index (χ4n) is 1.90. The van der Waals surface area contributed by atoms with Gasteiger partial charge in [0, 0.05) is 12.0 Å². The molecule has 0 aliphatic rings. The van der Waals surface area contributed by atoms with E-state index in [0.717, 1.165) is 0 Å². The minimum absolute atomic E-state index is 0.0535. The van der Waals surface area contributed by atoms with Gasteiger partial charge in [0.15, 0.2) is 0 Å². The maximum atomic E-state index is 5.81. The molecule has 2 aromatic carbocycles. The summed E-state index contributed by atoms with van der Waals surface area (Å²) >= 11 is 0. The van der Waals surface area contributed by atoms with E-state index < -0.39 is 0 Å². The third kappa shape index (κ3) is 1.96. The van der Waals surface area contributed by atoms with Crippen molar-refractivity contribution in [2.45, 2.75) is 26.2 Å². The molecule has 0 aliphatic carbocycles. The largest absolute Gasteiger partial charge is 0.330 e. The molecule has 2 rings (SSSR count). The second-order valence-corrected chi connectivity index (χ2v) is 5.15. The van der Waals surface area contributed by atoms with E-state index in [1.165, 1.54) is 21.9 Å². The summed E-state index contributed by atoms with van der Waals surface area (Å²) in [6, 6.07) is 13.2. The third-order valence-electron chi connectivity index (χ3n) is 3.29. The summed E-state index contributed by atoms with van der Waals surface area (Å²) in [5, 5.41) is 2.60. The van der Waals surface area contributed by atoms with Crippen LogP contribution in [-0.4, -0.2) is 6.54 Å². The summed E-state index contributed by atoms with van der Waals surface area (Å²) in [6.45, 7) is 7.17. The minimum atomic E-state index is 0.0535. The summed E-state index contributed by atoms with van der Waals surface area (Å²) in [4.78, 5) is 0. The van der Waals surface area contributed by atoms with Gasteiger partial charge in [-0.1, -0.05) is 55.8 Å². The number of hydrogen-bond acceptors (Lipinski definition) is 1. The van der Waals surface area contributed by atoms with Crippen molar-refractivity contribution >= 4 is 10.8 Å². The number of benzene rings is 2. The first-order valence-electron chi connectivity index (χ1n) is 5.74. The highest BCUT2D eigenvalue weighted by Gasteiger charge is 2.18. The standard InChI is InChI=1S/C15H19N/c1-11-4-5-12-6-7-14(9-13(12)8-11)15(2,3)10-16/h4-9H,10,16H2,1-3H3. The van der Waals surface area contributed by atoms with Crippen molar-refractivity contribution in [1.82, 2.24) is 0 Å². The lowest BCUT2D eigenvalue weighted by Crippen LogP contribution is -2.27. The van der Waals surface area contributed by atoms with Gasteiger partial charge in [-0.2, -0.15) is 0 Å². The first kappa shape index (κ1) is 11.2. The smallest absolute Gasteiger partial charge is 0.00193 e. The van der Waals surface area contributed by atoms with E-state index in [0.29, 0.717) is 6.54 Å². The zero-order chi connectivity index (χ0) is 11.8. The number of nitrogens with two attached hydrogens (primary N) is 1. The van der Waals surface area contributed by atoms with Gasteiger partial charge in [-0.05, 0) is 23.3 Å². The SMILES string of the molecule is Cc1ccc2ccc(C(C)(C)CN)cc2c1. The molecule has 0 amide bonds. The summed E-state index contributed by atoms with van der Waals surface area (Å²) < 4.78 is 0. The lowest BCUT2D eigenvalue weighted by molar-refractivity contribution is 0.540. The van der Waals surface area contributed by atoms with Gasteiger partial charge in [-0.25, -0.2) is 0 Å². The monoisotopic (exact) mass is 213 g/mol. The Morgan fingerprint density at radius 3 is 2.38 bits per heavy atom. The molecule has 0 atom stereocenters. The van der Waals surface area contributed by atoms with Crippen LogP contribution in [0.5, 0.6) is 0 Å². The highest BCUT2D eigenvalue weighted by Crippen LogP contribution is 2.26. The second-order valence-electron chi connectivity index (χ2n) is 5.15. The Balaban J connectivity index is 2.59. The first-order valence-corrected chi connectivity index (χ1v) is 5.74. The van der Waals surface area contributed by atoms with Crippen molar-refractivity contribution in [3.8, 4) is 0 Å². The Hall–Kier alpha value is -1.34. The van der Waals surface area contributed by atoms with Gasteiger partial charge in [0.05, 0.1) is 0 Å². The summed E-state index contributed by atoms with van der Waals surface area (Å²) in [7, 11) is 0. The highest BCUT2D eigenvalue weighted by atomic mass is 14.6. The van der Waals surface area contributed by atoms with Crippen LogP contribution in [0.3, 0.4) is 0 Å². The number of hydrogen-bond donors (Lipinski definition) is 1. The van der Waals surface area contributed by atoms with Gasteiger partial charge >= 0.3 is 0 Å². The second kappa shape index (κ2) is 3.91. The molecule has 0 heterocycles. The van der Waals surface area contributed by atoms with Gasteiger partial charge in [-0.3, -0.25) is 0 Å². The van der Waals surface area contributed by atoms with Crippen molar-refractivity contribution in [3.05, 3.63) is 47.5 Å². The van der Waals surface area contributed by atoms with Crippen LogP contribution in [0, 0.1) is 6.92 Å². The normalized spacial score (nSPS) is 12.0. The maximum Gasteiger partial charge on any atom is 0.00193 e. The Morgan fingerprint density at radius 1 is 1.00 bits per heavy atom. The van der Waals surface area contributed by atoms with Gasteiger partial charge in [0.2, 0.25) is 0 Å². The average Bonchev–Trinajstić information content (AvgIpc) is 2.28. The van der Waals surface area contributed by atoms with Crippen molar-refractivity contribution in [1.29, 1.82) is 0 Å². The van der Waals surface area contributed by atoms with Crippen LogP contribution in [0.2, 0.25) is 0 Å². The Kier molecular flexibility index (Phi) is 2.73. The molecule has 0 unspecified atom stereocenters. The molecule has 0 aromatic heterocycles. The molecule has 1 nitrogen and oxygen atoms in total. The molecule has 0 fully saturated rings. The zero-order valence-corrected chi connectivity index (χ0v) is 10.2. The molecule has 84 valence electrons. The van der Waals surface area contributed by atoms with Gasteiger partial charge in [0.25, 0.3) is 0 Å². The summed E-state index contributed by atoms with van der Waals surface area (Å²) in [5.41, 5.74) is 8.48. The lowest BCUT2D eigenvalue weighted by atomic mass is 9.84. The van der Waals surface area contributed by atoms with Gasteiger partial charge in [-0.15, -0.1) is 0 Å². The van der Waals surface area contributed by atoms with E-state index in [4.69, 9.17) is 5.73 Å². The van der Waals surface area contributed by atoms with Gasteiger partial charge in [0.1, 0.15) is 0 Å². The summed E-state index contributed by atoms with van der Waals surface area (Å²) in [5.74, 6) is 0. The van der Waals surface area contributed by atoms with E-state index in [1.807, 2.05) is 0 Å². The molecule has 0 radical (unpaired) electrons. The van der Waals surface area contributed by atoms with Crippen molar-refractivity contribution in [2.24, 2.45) is 5.73 Å². The Bertz CT molecular complexity index is 512. The molecule has 16 heavy (non-hydrogen) atoms. The number of fused-ring (bicyclic) bond motifs is 1. The molecular formula is C15H19N. The molecule has 2 aromatic rings. The summed E-state index contributed by atoms with van der Waals surface area (Å²) in [6.07, 6.45) is 0. The molecule has 0 aliphatic heterocycles. The van der Waals surface area contributed by atoms with Gasteiger partial charge < -0.3 is 5.73 Å². The lowest BCUT2D eigenvalue weighted by Gasteiger charge is -2.23. The first-order chi connectivity index (χ1) is 7.53. The van der Waals surface area contributed by atoms with Crippen LogP contribution in [-0.2, 0) is 5.41 Å². The van der Waals surface area contributed by atoms with E-state index in [2.05, 4.69) is 57.2 Å². The minimum Gasteiger partial charge on any atom is -0.330 e. The molecule has 0 spiro atoms. The fraction of sp³-hybridized carbons (Fsp3) is 0.333. The fourth-order valence-corrected chi connectivity index (χ4v) is 1.90. The third-order valence-corrected chi connectivity index (χ3v) is 3.29. The van der Waals surface area contributed by atoms with Crippen molar-refractivity contribution in [2.75, 3.05) is 6.54 Å². The van der Waals surface area contributed by atoms with Crippen molar-refractivity contribution < 1.29 is 0 Å². The molecule has 0 bridgehead atoms. The highest BCUT2D eigenvalue weighted by molar-refractivity contribution is 5.84. The molecule has 1 heteroatoms. The van der Waals surface area contributed by atoms with E-state index in [1.54, 1.807) is 0 Å². The van der Waals surface area contributed by atoms with Crippen LogP contribution < -0.4 is 5.73 Å². The molecular weight excluding hydrogens is 194 g/mol. The predicted octanol–water partition coefficient (Wildman–Crippen LogP) is 3.38. The number of rotatable bonds is 2. The van der Waals surface area contributed by atoms with Crippen molar-refractivity contribution in [3.63, 3.8) is 0 Å². The van der Waals surface area contributed by atoms with Crippen LogP contribution in [0.15, 0.2) is 36.4 Å². The Labute approximate surface area is 97.3 Å². The quantitative estimate of drug-likeness (QED) is 0.813. The molecule has 2 N–H and O–H groups in total. The molecule has 0 saturated carbocycles. The van der Waals surface area contributed by atoms with Crippen LogP contribution >= 0.6 is 0 Å². The van der Waals surface area contributed by atoms with E-state index in [-0.39, 0.29) is 5.41 Å². The molecule has 0 saturated heterocycles. The maximum absolute atomic E-state index is 5.81. The zero-order valence-electron chi connectivity index (χ0n) is 10.2.